The Bertz CT molecular complexity index is 743. The second kappa shape index (κ2) is 9.06. The van der Waals surface area contributed by atoms with Gasteiger partial charge in [-0.3, -0.25) is 0 Å². The van der Waals surface area contributed by atoms with E-state index < -0.39 is 51.4 Å². The maximum atomic E-state index is 13.8. The van der Waals surface area contributed by atoms with Gasteiger partial charge in [0.15, 0.2) is 5.54 Å². The Kier molecular flexibility index (Phi) is 8.15. The van der Waals surface area contributed by atoms with E-state index in [9.17, 15) is 22.2 Å². The molecule has 2 atom stereocenters. The predicted octanol–water partition coefficient (Wildman–Crippen LogP) is 5.63. The first-order valence-corrected chi connectivity index (χ1v) is 11.1. The molecule has 0 radical (unpaired) electrons. The van der Waals surface area contributed by atoms with Crippen molar-refractivity contribution < 1.29 is 26.9 Å². The lowest BCUT2D eigenvalue weighted by Crippen LogP contribution is -2.57. The van der Waals surface area contributed by atoms with Crippen molar-refractivity contribution >= 4 is 32.9 Å². The van der Waals surface area contributed by atoms with Crippen molar-refractivity contribution in [3.05, 3.63) is 34.3 Å². The van der Waals surface area contributed by atoms with Crippen molar-refractivity contribution in [3.63, 3.8) is 0 Å². The van der Waals surface area contributed by atoms with Crippen molar-refractivity contribution in [3.8, 4) is 0 Å². The minimum atomic E-state index is -4.59. The monoisotopic (exact) mass is 499 g/mol. The minimum Gasteiger partial charge on any atom is -0.461 e. The fourth-order valence-corrected chi connectivity index (χ4v) is 3.71. The van der Waals surface area contributed by atoms with Gasteiger partial charge in [0.2, 0.25) is 0 Å². The van der Waals surface area contributed by atoms with Gasteiger partial charge in [-0.15, -0.1) is 0 Å². The van der Waals surface area contributed by atoms with E-state index in [2.05, 4.69) is 20.7 Å². The number of benzene rings is 1. The lowest BCUT2D eigenvalue weighted by Gasteiger charge is -2.41. The Hall–Kier alpha value is -0.930. The van der Waals surface area contributed by atoms with Crippen LogP contribution in [0.2, 0.25) is 0 Å². The van der Waals surface area contributed by atoms with Gasteiger partial charge in [-0.2, -0.15) is 13.2 Å². The highest BCUT2D eigenvalue weighted by Crippen LogP contribution is 2.47. The third-order valence-electron chi connectivity index (χ3n) is 4.33. The number of esters is 1. The van der Waals surface area contributed by atoms with Gasteiger partial charge in [-0.25, -0.2) is 13.7 Å². The predicted molar refractivity (Wildman–Crippen MR) is 113 cm³/mol. The van der Waals surface area contributed by atoms with Gasteiger partial charge in [0, 0.05) is 4.47 Å². The Balaban J connectivity index is 3.72. The second-order valence-corrected chi connectivity index (χ2v) is 11.8. The highest BCUT2D eigenvalue weighted by Gasteiger charge is 2.56. The molecule has 0 saturated heterocycles. The van der Waals surface area contributed by atoms with Gasteiger partial charge in [-0.05, 0) is 58.7 Å². The van der Waals surface area contributed by atoms with Crippen LogP contribution in [0.1, 0.15) is 60.5 Å². The molecule has 0 spiro atoms. The number of halogens is 4. The normalized spacial score (nSPS) is 16.4. The van der Waals surface area contributed by atoms with Gasteiger partial charge in [0.1, 0.15) is 0 Å². The van der Waals surface area contributed by atoms with Crippen LogP contribution in [-0.2, 0) is 26.1 Å². The first kappa shape index (κ1) is 26.1. The van der Waals surface area contributed by atoms with Crippen LogP contribution in [0.4, 0.5) is 13.2 Å². The molecule has 0 amide bonds. The summed E-state index contributed by atoms with van der Waals surface area (Å²) in [6.07, 6.45) is -5.83. The van der Waals surface area contributed by atoms with Crippen LogP contribution in [0.3, 0.4) is 0 Å². The molecular weight excluding hydrogens is 471 g/mol. The number of alkyl halides is 3. The Morgan fingerprint density at radius 3 is 1.97 bits per heavy atom. The lowest BCUT2D eigenvalue weighted by atomic mass is 9.74. The van der Waals surface area contributed by atoms with E-state index >= 15 is 0 Å². The van der Waals surface area contributed by atoms with Crippen LogP contribution >= 0.6 is 15.9 Å². The Labute approximate surface area is 181 Å². The topological polar surface area (TPSA) is 55.4 Å². The van der Waals surface area contributed by atoms with E-state index in [1.165, 1.54) is 12.1 Å². The molecule has 0 unspecified atom stereocenters. The van der Waals surface area contributed by atoms with Crippen LogP contribution in [-0.4, -0.2) is 27.2 Å². The molecule has 0 heterocycles. The third kappa shape index (κ3) is 6.52. The number of ether oxygens (including phenoxy) is 1. The molecule has 0 aliphatic heterocycles. The van der Waals surface area contributed by atoms with Gasteiger partial charge < -0.3 is 4.74 Å². The van der Waals surface area contributed by atoms with Crippen molar-refractivity contribution in [1.82, 2.24) is 4.72 Å². The largest absolute Gasteiger partial charge is 0.461 e. The molecule has 9 heteroatoms. The molecule has 4 nitrogen and oxygen atoms in total. The quantitative estimate of drug-likeness (QED) is 0.494. The SMILES string of the molecule is CC(C)OC(=O)[C@](CC(C)(C)C(F)(F)F)(N[S@@](=O)C(C)(C)C)c1ccc(Br)cc1. The molecule has 0 aliphatic rings. The fourth-order valence-electron chi connectivity index (χ4n) is 2.55. The first-order chi connectivity index (χ1) is 12.9. The molecule has 1 aromatic rings. The van der Waals surface area contributed by atoms with Crippen molar-refractivity contribution in [2.45, 2.75) is 77.5 Å². The molecule has 1 rings (SSSR count). The zero-order chi connectivity index (χ0) is 22.8. The summed E-state index contributed by atoms with van der Waals surface area (Å²) < 4.78 is 62.2. The molecular formula is C20H29BrF3NO3S. The molecule has 166 valence electrons. The molecule has 1 aromatic carbocycles. The number of carbonyl (C=O) groups is 1. The molecule has 0 aromatic heterocycles. The molecule has 0 fully saturated rings. The lowest BCUT2D eigenvalue weighted by molar-refractivity contribution is -0.220. The van der Waals surface area contributed by atoms with E-state index in [1.807, 2.05) is 0 Å². The summed E-state index contributed by atoms with van der Waals surface area (Å²) in [6.45, 7) is 10.3. The zero-order valence-corrected chi connectivity index (χ0v) is 20.1. The average Bonchev–Trinajstić information content (AvgIpc) is 2.51. The van der Waals surface area contributed by atoms with Crippen molar-refractivity contribution in [2.75, 3.05) is 0 Å². The van der Waals surface area contributed by atoms with Gasteiger partial charge >= 0.3 is 12.1 Å². The molecule has 0 bridgehead atoms. The number of hydrogen-bond donors (Lipinski definition) is 1. The standard InChI is InChI=1S/C20H29BrF3NO3S/c1-13(2)28-16(26)19(25-29(27)17(3,4)5,12-18(6,7)20(22,23)24)14-8-10-15(21)11-9-14/h8-11,13,25H,12H2,1-7H3/t19-,29+/m1/s1. The van der Waals surface area contributed by atoms with Crippen LogP contribution in [0, 0.1) is 5.41 Å². The molecule has 0 saturated carbocycles. The van der Waals surface area contributed by atoms with E-state index in [4.69, 9.17) is 4.74 Å². The van der Waals surface area contributed by atoms with Crippen LogP contribution in [0.25, 0.3) is 0 Å². The van der Waals surface area contributed by atoms with Crippen molar-refractivity contribution in [2.24, 2.45) is 5.41 Å². The maximum absolute atomic E-state index is 13.8. The van der Waals surface area contributed by atoms with Gasteiger partial charge in [-0.1, -0.05) is 41.9 Å². The summed E-state index contributed by atoms with van der Waals surface area (Å²) in [5.41, 5.74) is -3.96. The average molecular weight is 500 g/mol. The summed E-state index contributed by atoms with van der Waals surface area (Å²) in [5.74, 6) is -0.898. The summed E-state index contributed by atoms with van der Waals surface area (Å²) in [6, 6.07) is 6.31. The zero-order valence-electron chi connectivity index (χ0n) is 17.7. The number of hydrogen-bond acceptors (Lipinski definition) is 3. The van der Waals surface area contributed by atoms with Gasteiger partial charge in [0.25, 0.3) is 0 Å². The molecule has 0 aliphatic carbocycles. The number of carbonyl (C=O) groups excluding carboxylic acids is 1. The molecule has 1 N–H and O–H groups in total. The summed E-state index contributed by atoms with van der Waals surface area (Å²) in [4.78, 5) is 13.2. The Morgan fingerprint density at radius 1 is 1.10 bits per heavy atom. The number of nitrogens with one attached hydrogen (secondary N) is 1. The summed E-state index contributed by atoms with van der Waals surface area (Å²) in [5, 5.41) is 0. The molecule has 29 heavy (non-hydrogen) atoms. The van der Waals surface area contributed by atoms with Crippen LogP contribution in [0.15, 0.2) is 28.7 Å². The number of rotatable bonds is 7. The first-order valence-electron chi connectivity index (χ1n) is 9.16. The Morgan fingerprint density at radius 2 is 1.59 bits per heavy atom. The van der Waals surface area contributed by atoms with E-state index in [-0.39, 0.29) is 5.56 Å². The van der Waals surface area contributed by atoms with Crippen LogP contribution in [0.5, 0.6) is 0 Å². The highest BCUT2D eigenvalue weighted by atomic mass is 79.9. The van der Waals surface area contributed by atoms with E-state index in [0.29, 0.717) is 4.47 Å². The summed E-state index contributed by atoms with van der Waals surface area (Å²) >= 11 is 3.29. The maximum Gasteiger partial charge on any atom is 0.394 e. The van der Waals surface area contributed by atoms with Gasteiger partial charge in [0.05, 0.1) is 27.3 Å². The fraction of sp³-hybridized carbons (Fsp3) is 0.650. The minimum absolute atomic E-state index is 0.251. The van der Waals surface area contributed by atoms with Crippen LogP contribution < -0.4 is 4.72 Å². The third-order valence-corrected chi connectivity index (χ3v) is 6.50. The van der Waals surface area contributed by atoms with Crippen molar-refractivity contribution in [1.29, 1.82) is 0 Å². The smallest absolute Gasteiger partial charge is 0.394 e. The summed E-state index contributed by atoms with van der Waals surface area (Å²) in [7, 11) is -1.84. The highest BCUT2D eigenvalue weighted by molar-refractivity contribution is 9.10. The second-order valence-electron chi connectivity index (χ2n) is 8.91. The van der Waals surface area contributed by atoms with E-state index in [0.717, 1.165) is 13.8 Å². The van der Waals surface area contributed by atoms with E-state index in [1.54, 1.807) is 46.8 Å².